The lowest BCUT2D eigenvalue weighted by atomic mass is 10.1. The maximum atomic E-state index is 13.4. The van der Waals surface area contributed by atoms with Crippen LogP contribution in [0.25, 0.3) is 5.65 Å². The van der Waals surface area contributed by atoms with Crippen LogP contribution in [0.15, 0.2) is 6.20 Å². The van der Waals surface area contributed by atoms with E-state index >= 15 is 0 Å². The van der Waals surface area contributed by atoms with E-state index < -0.39 is 5.95 Å². The smallest absolute Gasteiger partial charge is 0.220 e. The Morgan fingerprint density at radius 2 is 2.07 bits per heavy atom. The molecule has 0 saturated carbocycles. The second-order valence-corrected chi connectivity index (χ2v) is 3.54. The highest BCUT2D eigenvalue weighted by atomic mass is 19.1. The maximum Gasteiger partial charge on any atom is 0.258 e. The van der Waals surface area contributed by atoms with E-state index in [1.165, 1.54) is 4.52 Å². The van der Waals surface area contributed by atoms with Crippen molar-refractivity contribution in [2.75, 3.05) is 0 Å². The highest BCUT2D eigenvalue weighted by Crippen LogP contribution is 2.13. The third kappa shape index (κ3) is 1.34. The highest BCUT2D eigenvalue weighted by molar-refractivity contribution is 5.36. The summed E-state index contributed by atoms with van der Waals surface area (Å²) in [7, 11) is 0. The van der Waals surface area contributed by atoms with Crippen molar-refractivity contribution in [3.05, 3.63) is 23.7 Å². The number of rotatable bonds is 1. The molecule has 0 unspecified atom stereocenters. The number of hydrogen-bond donors (Lipinski definition) is 0. The van der Waals surface area contributed by atoms with Crippen LogP contribution in [0.2, 0.25) is 0 Å². The van der Waals surface area contributed by atoms with E-state index in [9.17, 15) is 4.39 Å². The zero-order valence-corrected chi connectivity index (χ0v) is 8.32. The van der Waals surface area contributed by atoms with Crippen LogP contribution in [-0.2, 0) is 0 Å². The number of halogens is 1. The third-order valence-corrected chi connectivity index (χ3v) is 2.00. The summed E-state index contributed by atoms with van der Waals surface area (Å²) in [6, 6.07) is 0. The van der Waals surface area contributed by atoms with Gasteiger partial charge in [0.1, 0.15) is 5.82 Å². The van der Waals surface area contributed by atoms with Crippen molar-refractivity contribution in [3.8, 4) is 0 Å². The standard InChI is InChI=1S/C9H11FN4/c1-5(2)7-4-14-9(8(10)12-7)11-6(3)13-14/h4-5H,1-3H3. The van der Waals surface area contributed by atoms with Gasteiger partial charge in [0.2, 0.25) is 5.65 Å². The van der Waals surface area contributed by atoms with Crippen LogP contribution in [0.1, 0.15) is 31.3 Å². The monoisotopic (exact) mass is 194 g/mol. The summed E-state index contributed by atoms with van der Waals surface area (Å²) in [5.41, 5.74) is 0.867. The minimum absolute atomic E-state index is 0.179. The van der Waals surface area contributed by atoms with Gasteiger partial charge in [-0.2, -0.15) is 9.49 Å². The molecule has 0 aliphatic carbocycles. The molecule has 0 saturated heterocycles. The number of hydrogen-bond acceptors (Lipinski definition) is 3. The molecule has 0 fully saturated rings. The molecule has 0 spiro atoms. The predicted molar refractivity (Wildman–Crippen MR) is 49.6 cm³/mol. The Bertz CT molecular complexity index is 475. The van der Waals surface area contributed by atoms with Crippen molar-refractivity contribution in [1.82, 2.24) is 19.6 Å². The van der Waals surface area contributed by atoms with Gasteiger partial charge in [-0.3, -0.25) is 0 Å². The second kappa shape index (κ2) is 3.01. The lowest BCUT2D eigenvalue weighted by Crippen LogP contribution is -2.01. The normalized spacial score (nSPS) is 11.5. The fourth-order valence-electron chi connectivity index (χ4n) is 1.26. The van der Waals surface area contributed by atoms with E-state index in [2.05, 4.69) is 15.1 Å². The number of aryl methyl sites for hydroxylation is 1. The van der Waals surface area contributed by atoms with Gasteiger partial charge >= 0.3 is 0 Å². The number of aromatic nitrogens is 4. The molecule has 0 aromatic carbocycles. The van der Waals surface area contributed by atoms with E-state index in [1.807, 2.05) is 13.8 Å². The predicted octanol–water partition coefficient (Wildman–Crippen LogP) is 1.70. The quantitative estimate of drug-likeness (QED) is 0.693. The zero-order chi connectivity index (χ0) is 10.3. The second-order valence-electron chi connectivity index (χ2n) is 3.54. The first-order valence-electron chi connectivity index (χ1n) is 4.47. The summed E-state index contributed by atoms with van der Waals surface area (Å²) in [5, 5.41) is 4.04. The highest BCUT2D eigenvalue weighted by Gasteiger charge is 2.11. The van der Waals surface area contributed by atoms with E-state index in [-0.39, 0.29) is 11.6 Å². The van der Waals surface area contributed by atoms with Gasteiger partial charge in [-0.15, -0.1) is 0 Å². The van der Waals surface area contributed by atoms with Crippen molar-refractivity contribution in [1.29, 1.82) is 0 Å². The van der Waals surface area contributed by atoms with Crippen LogP contribution in [0.3, 0.4) is 0 Å². The summed E-state index contributed by atoms with van der Waals surface area (Å²) in [6.07, 6.45) is 1.71. The van der Waals surface area contributed by atoms with Crippen LogP contribution < -0.4 is 0 Å². The molecule has 5 heteroatoms. The lowest BCUT2D eigenvalue weighted by Gasteiger charge is -2.03. The fourth-order valence-corrected chi connectivity index (χ4v) is 1.26. The van der Waals surface area contributed by atoms with Crippen molar-refractivity contribution >= 4 is 5.65 Å². The van der Waals surface area contributed by atoms with E-state index in [1.54, 1.807) is 13.1 Å². The molecule has 0 N–H and O–H groups in total. The summed E-state index contributed by atoms with van der Waals surface area (Å²) in [5.74, 6) is 0.168. The van der Waals surface area contributed by atoms with E-state index in [4.69, 9.17) is 0 Å². The van der Waals surface area contributed by atoms with E-state index in [0.717, 1.165) is 0 Å². The van der Waals surface area contributed by atoms with Crippen LogP contribution in [0.5, 0.6) is 0 Å². The SMILES string of the molecule is Cc1nc2c(F)nc(C(C)C)cn2n1. The number of fused-ring (bicyclic) bond motifs is 1. The Labute approximate surface area is 80.8 Å². The Morgan fingerprint density at radius 1 is 1.36 bits per heavy atom. The van der Waals surface area contributed by atoms with E-state index in [0.29, 0.717) is 11.5 Å². The molecule has 4 nitrogen and oxygen atoms in total. The van der Waals surface area contributed by atoms with Crippen LogP contribution in [0.4, 0.5) is 4.39 Å². The molecule has 0 aliphatic heterocycles. The van der Waals surface area contributed by atoms with Crippen molar-refractivity contribution in [3.63, 3.8) is 0 Å². The molecule has 74 valence electrons. The van der Waals surface area contributed by atoms with Crippen LogP contribution in [0, 0.1) is 12.9 Å². The van der Waals surface area contributed by atoms with Gasteiger partial charge in [0.05, 0.1) is 11.9 Å². The first kappa shape index (κ1) is 9.05. The minimum atomic E-state index is -0.559. The molecule has 0 amide bonds. The fraction of sp³-hybridized carbons (Fsp3) is 0.444. The molecule has 14 heavy (non-hydrogen) atoms. The molecular formula is C9H11FN4. The Balaban J connectivity index is 2.71. The van der Waals surface area contributed by atoms with Crippen molar-refractivity contribution in [2.24, 2.45) is 0 Å². The molecule has 0 atom stereocenters. The zero-order valence-electron chi connectivity index (χ0n) is 8.32. The van der Waals surface area contributed by atoms with Gasteiger partial charge in [0.15, 0.2) is 0 Å². The molecule has 0 radical (unpaired) electrons. The van der Waals surface area contributed by atoms with Crippen molar-refractivity contribution < 1.29 is 4.39 Å². The summed E-state index contributed by atoms with van der Waals surface area (Å²) >= 11 is 0. The average Bonchev–Trinajstić information content (AvgIpc) is 2.45. The van der Waals surface area contributed by atoms with Crippen LogP contribution >= 0.6 is 0 Å². The van der Waals surface area contributed by atoms with Gasteiger partial charge in [0.25, 0.3) is 5.95 Å². The topological polar surface area (TPSA) is 43.1 Å². The molecule has 2 heterocycles. The van der Waals surface area contributed by atoms with Gasteiger partial charge in [0, 0.05) is 0 Å². The molecular weight excluding hydrogens is 183 g/mol. The van der Waals surface area contributed by atoms with Gasteiger partial charge in [-0.05, 0) is 12.8 Å². The van der Waals surface area contributed by atoms with Gasteiger partial charge < -0.3 is 0 Å². The number of nitrogens with zero attached hydrogens (tertiary/aromatic N) is 4. The average molecular weight is 194 g/mol. The summed E-state index contributed by atoms with van der Waals surface area (Å²) in [4.78, 5) is 7.75. The maximum absolute atomic E-state index is 13.4. The van der Waals surface area contributed by atoms with Crippen LogP contribution in [-0.4, -0.2) is 19.6 Å². The first-order chi connectivity index (χ1) is 6.58. The van der Waals surface area contributed by atoms with Crippen molar-refractivity contribution in [2.45, 2.75) is 26.7 Å². The lowest BCUT2D eigenvalue weighted by molar-refractivity contribution is 0.569. The van der Waals surface area contributed by atoms with Gasteiger partial charge in [-0.25, -0.2) is 14.5 Å². The van der Waals surface area contributed by atoms with Gasteiger partial charge in [-0.1, -0.05) is 13.8 Å². The summed E-state index contributed by atoms with van der Waals surface area (Å²) in [6.45, 7) is 5.64. The molecule has 0 aliphatic rings. The molecule has 2 aromatic rings. The Morgan fingerprint density at radius 3 is 2.71 bits per heavy atom. The Hall–Kier alpha value is -1.52. The first-order valence-corrected chi connectivity index (χ1v) is 4.47. The molecule has 2 aromatic heterocycles. The largest absolute Gasteiger partial charge is 0.258 e. The molecule has 2 rings (SSSR count). The third-order valence-electron chi connectivity index (χ3n) is 2.00. The Kier molecular flexibility index (Phi) is 1.94. The molecule has 0 bridgehead atoms. The minimum Gasteiger partial charge on any atom is -0.220 e. The summed E-state index contributed by atoms with van der Waals surface area (Å²) < 4.78 is 14.8.